The summed E-state index contributed by atoms with van der Waals surface area (Å²) >= 11 is 0. The third kappa shape index (κ3) is 4.70. The number of nitrogens with zero attached hydrogens (tertiary/aromatic N) is 1. The number of ether oxygens (including phenoxy) is 2. The van der Waals surface area contributed by atoms with Gasteiger partial charge in [0.1, 0.15) is 5.75 Å². The van der Waals surface area contributed by atoms with Gasteiger partial charge >= 0.3 is 0 Å². The van der Waals surface area contributed by atoms with Crippen molar-refractivity contribution in [2.75, 3.05) is 47.5 Å². The van der Waals surface area contributed by atoms with Crippen LogP contribution in [0.25, 0.3) is 0 Å². The summed E-state index contributed by atoms with van der Waals surface area (Å²) in [6.07, 6.45) is 2.39. The highest BCUT2D eigenvalue weighted by Crippen LogP contribution is 2.29. The van der Waals surface area contributed by atoms with Crippen molar-refractivity contribution in [3.63, 3.8) is 0 Å². The number of nitrogens with one attached hydrogen (secondary N) is 1. The SMILES string of the molecule is CNCC1(CN(C)Cc2cccc(OC)c2)CCCOC1. The second kappa shape index (κ2) is 7.78. The van der Waals surface area contributed by atoms with Crippen LogP contribution in [0.4, 0.5) is 0 Å². The molecule has 21 heavy (non-hydrogen) atoms. The van der Waals surface area contributed by atoms with Crippen LogP contribution < -0.4 is 10.1 Å². The number of rotatable bonds is 7. The highest BCUT2D eigenvalue weighted by atomic mass is 16.5. The van der Waals surface area contributed by atoms with E-state index in [1.54, 1.807) is 7.11 Å². The molecular weight excluding hydrogens is 264 g/mol. The van der Waals surface area contributed by atoms with Gasteiger partial charge in [0.2, 0.25) is 0 Å². The van der Waals surface area contributed by atoms with E-state index >= 15 is 0 Å². The van der Waals surface area contributed by atoms with Crippen molar-refractivity contribution in [2.24, 2.45) is 5.41 Å². The van der Waals surface area contributed by atoms with Crippen LogP contribution in [0.3, 0.4) is 0 Å². The molecule has 1 heterocycles. The normalized spacial score (nSPS) is 22.5. The van der Waals surface area contributed by atoms with Gasteiger partial charge in [-0.25, -0.2) is 0 Å². The van der Waals surface area contributed by atoms with Crippen molar-refractivity contribution in [3.8, 4) is 5.75 Å². The fourth-order valence-electron chi connectivity index (χ4n) is 3.32. The molecule has 118 valence electrons. The van der Waals surface area contributed by atoms with Crippen molar-refractivity contribution in [2.45, 2.75) is 19.4 Å². The Morgan fingerprint density at radius 2 is 2.29 bits per heavy atom. The smallest absolute Gasteiger partial charge is 0.119 e. The van der Waals surface area contributed by atoms with Gasteiger partial charge in [0.05, 0.1) is 13.7 Å². The first-order valence-corrected chi connectivity index (χ1v) is 7.71. The Balaban J connectivity index is 1.96. The number of methoxy groups -OCH3 is 1. The molecule has 1 aliphatic heterocycles. The van der Waals surface area contributed by atoms with Crippen LogP contribution in [0.2, 0.25) is 0 Å². The molecule has 1 atom stereocenters. The van der Waals surface area contributed by atoms with Gasteiger partial charge in [-0.1, -0.05) is 12.1 Å². The molecule has 1 aromatic carbocycles. The lowest BCUT2D eigenvalue weighted by atomic mass is 9.82. The highest BCUT2D eigenvalue weighted by Gasteiger charge is 2.33. The summed E-state index contributed by atoms with van der Waals surface area (Å²) in [5.41, 5.74) is 1.52. The molecule has 4 nitrogen and oxygen atoms in total. The first-order valence-electron chi connectivity index (χ1n) is 7.71. The molecule has 0 spiro atoms. The van der Waals surface area contributed by atoms with E-state index in [2.05, 4.69) is 35.5 Å². The van der Waals surface area contributed by atoms with Gasteiger partial charge in [-0.3, -0.25) is 0 Å². The van der Waals surface area contributed by atoms with Gasteiger partial charge in [-0.15, -0.1) is 0 Å². The Morgan fingerprint density at radius 1 is 1.43 bits per heavy atom. The van der Waals surface area contributed by atoms with Crippen molar-refractivity contribution in [3.05, 3.63) is 29.8 Å². The summed E-state index contributed by atoms with van der Waals surface area (Å²) in [5, 5.41) is 3.34. The minimum Gasteiger partial charge on any atom is -0.497 e. The zero-order valence-corrected chi connectivity index (χ0v) is 13.5. The van der Waals surface area contributed by atoms with Crippen LogP contribution in [0.5, 0.6) is 5.75 Å². The summed E-state index contributed by atoms with van der Waals surface area (Å²) < 4.78 is 11.0. The maximum absolute atomic E-state index is 5.74. The highest BCUT2D eigenvalue weighted by molar-refractivity contribution is 5.28. The molecule has 0 bridgehead atoms. The average Bonchev–Trinajstić information content (AvgIpc) is 2.48. The average molecular weight is 292 g/mol. The van der Waals surface area contributed by atoms with Crippen molar-refractivity contribution in [1.82, 2.24) is 10.2 Å². The lowest BCUT2D eigenvalue weighted by Crippen LogP contribution is -2.47. The lowest BCUT2D eigenvalue weighted by molar-refractivity contribution is -0.0228. The first kappa shape index (κ1) is 16.3. The number of hydrogen-bond donors (Lipinski definition) is 1. The Labute approximate surface area is 128 Å². The van der Waals surface area contributed by atoms with E-state index in [-0.39, 0.29) is 5.41 Å². The minimum atomic E-state index is 0.237. The summed E-state index contributed by atoms with van der Waals surface area (Å²) in [6.45, 7) is 4.75. The topological polar surface area (TPSA) is 33.7 Å². The maximum Gasteiger partial charge on any atom is 0.119 e. The molecule has 0 amide bonds. The molecule has 0 saturated carbocycles. The van der Waals surface area contributed by atoms with Gasteiger partial charge < -0.3 is 19.7 Å². The molecular formula is C17H28N2O2. The van der Waals surface area contributed by atoms with Crippen LogP contribution in [0.15, 0.2) is 24.3 Å². The molecule has 0 aromatic heterocycles. The Kier molecular flexibility index (Phi) is 6.03. The molecule has 1 aliphatic rings. The van der Waals surface area contributed by atoms with Crippen LogP contribution in [0, 0.1) is 5.41 Å². The molecule has 1 aromatic rings. The third-order valence-electron chi connectivity index (χ3n) is 4.15. The third-order valence-corrected chi connectivity index (χ3v) is 4.15. The molecule has 1 fully saturated rings. The van der Waals surface area contributed by atoms with E-state index in [1.807, 2.05) is 13.1 Å². The minimum absolute atomic E-state index is 0.237. The van der Waals surface area contributed by atoms with E-state index in [9.17, 15) is 0 Å². The maximum atomic E-state index is 5.74. The number of benzene rings is 1. The second-order valence-corrected chi connectivity index (χ2v) is 6.21. The van der Waals surface area contributed by atoms with E-state index in [4.69, 9.17) is 9.47 Å². The predicted molar refractivity (Wildman–Crippen MR) is 85.7 cm³/mol. The van der Waals surface area contributed by atoms with E-state index < -0.39 is 0 Å². The fraction of sp³-hybridized carbons (Fsp3) is 0.647. The molecule has 1 saturated heterocycles. The Bertz CT molecular complexity index is 425. The Morgan fingerprint density at radius 3 is 2.95 bits per heavy atom. The van der Waals surface area contributed by atoms with Gasteiger partial charge in [-0.05, 0) is 44.6 Å². The number of hydrogen-bond acceptors (Lipinski definition) is 4. The largest absolute Gasteiger partial charge is 0.497 e. The monoisotopic (exact) mass is 292 g/mol. The van der Waals surface area contributed by atoms with Crippen LogP contribution in [-0.4, -0.2) is 52.4 Å². The van der Waals surface area contributed by atoms with Crippen LogP contribution in [-0.2, 0) is 11.3 Å². The lowest BCUT2D eigenvalue weighted by Gasteiger charge is -2.40. The standard InChI is InChI=1S/C17H28N2O2/c1-18-12-17(8-5-9-21-14-17)13-19(2)11-15-6-4-7-16(10-15)20-3/h4,6-7,10,18H,5,8-9,11-14H2,1-3H3. The van der Waals surface area contributed by atoms with Crippen molar-refractivity contribution in [1.29, 1.82) is 0 Å². The van der Waals surface area contributed by atoms with Gasteiger partial charge in [0.25, 0.3) is 0 Å². The summed E-state index contributed by atoms with van der Waals surface area (Å²) in [6, 6.07) is 8.30. The zero-order valence-electron chi connectivity index (χ0n) is 13.5. The van der Waals surface area contributed by atoms with Gasteiger partial charge in [-0.2, -0.15) is 0 Å². The quantitative estimate of drug-likeness (QED) is 0.835. The van der Waals surface area contributed by atoms with E-state index in [0.29, 0.717) is 0 Å². The van der Waals surface area contributed by atoms with Crippen LogP contribution in [0.1, 0.15) is 18.4 Å². The van der Waals surface area contributed by atoms with Crippen molar-refractivity contribution < 1.29 is 9.47 Å². The molecule has 2 rings (SSSR count). The molecule has 4 heteroatoms. The molecule has 0 aliphatic carbocycles. The van der Waals surface area contributed by atoms with Gasteiger partial charge in [0.15, 0.2) is 0 Å². The summed E-state index contributed by atoms with van der Waals surface area (Å²) in [4.78, 5) is 2.39. The zero-order chi connectivity index (χ0) is 15.1. The molecule has 1 unspecified atom stereocenters. The fourth-order valence-corrected chi connectivity index (χ4v) is 3.32. The van der Waals surface area contributed by atoms with Gasteiger partial charge in [0, 0.05) is 31.7 Å². The van der Waals surface area contributed by atoms with E-state index in [0.717, 1.165) is 45.0 Å². The second-order valence-electron chi connectivity index (χ2n) is 6.21. The van der Waals surface area contributed by atoms with E-state index in [1.165, 1.54) is 12.0 Å². The molecule has 0 radical (unpaired) electrons. The predicted octanol–water partition coefficient (Wildman–Crippen LogP) is 2.14. The first-order chi connectivity index (χ1) is 10.2. The summed E-state index contributed by atoms with van der Waals surface area (Å²) in [5.74, 6) is 0.923. The van der Waals surface area contributed by atoms with Crippen LogP contribution >= 0.6 is 0 Å². The summed E-state index contributed by atoms with van der Waals surface area (Å²) in [7, 11) is 5.92. The Hall–Kier alpha value is -1.10. The van der Waals surface area contributed by atoms with Crippen molar-refractivity contribution >= 4 is 0 Å². The molecule has 1 N–H and O–H groups in total.